The van der Waals surface area contributed by atoms with Crippen molar-refractivity contribution in [3.8, 4) is 0 Å². The van der Waals surface area contributed by atoms with Crippen LogP contribution in [0.2, 0.25) is 0 Å². The number of benzene rings is 1. The number of hydrogen-bond donors (Lipinski definition) is 2. The van der Waals surface area contributed by atoms with Crippen molar-refractivity contribution in [3.63, 3.8) is 0 Å². The van der Waals surface area contributed by atoms with Gasteiger partial charge in [0, 0.05) is 35.4 Å². The highest BCUT2D eigenvalue weighted by Gasteiger charge is 2.24. The maximum absolute atomic E-state index is 11.9. The van der Waals surface area contributed by atoms with Crippen molar-refractivity contribution >= 4 is 29.0 Å². The number of hydrogen-bond acceptors (Lipinski definition) is 4. The second kappa shape index (κ2) is 6.99. The minimum absolute atomic E-state index is 0.0396. The Hall–Kier alpha value is -1.20. The quantitative estimate of drug-likeness (QED) is 0.820. The van der Waals surface area contributed by atoms with E-state index in [0.717, 1.165) is 30.0 Å². The third-order valence-electron chi connectivity index (χ3n) is 3.62. The molecule has 1 saturated heterocycles. The minimum atomic E-state index is 0.0396. The molecule has 5 heteroatoms. The fourth-order valence-electron chi connectivity index (χ4n) is 2.24. The van der Waals surface area contributed by atoms with Crippen LogP contribution in [0, 0.1) is 6.92 Å². The van der Waals surface area contributed by atoms with Gasteiger partial charge in [-0.25, -0.2) is 0 Å². The van der Waals surface area contributed by atoms with Crippen LogP contribution in [0.25, 0.3) is 0 Å². The van der Waals surface area contributed by atoms with Gasteiger partial charge in [0.15, 0.2) is 0 Å². The summed E-state index contributed by atoms with van der Waals surface area (Å²) in [6.45, 7) is 4.85. The summed E-state index contributed by atoms with van der Waals surface area (Å²) in [4.78, 5) is 11.9. The molecule has 2 rings (SSSR count). The van der Waals surface area contributed by atoms with E-state index in [9.17, 15) is 4.79 Å². The minimum Gasteiger partial charge on any atom is -0.398 e. The Morgan fingerprint density at radius 2 is 2.35 bits per heavy atom. The molecule has 110 valence electrons. The summed E-state index contributed by atoms with van der Waals surface area (Å²) in [7, 11) is 0. The third kappa shape index (κ3) is 3.90. The molecule has 1 aromatic rings. The monoisotopic (exact) mass is 294 g/mol. The van der Waals surface area contributed by atoms with Crippen LogP contribution in [0.3, 0.4) is 0 Å². The number of carbonyl (C=O) groups is 1. The summed E-state index contributed by atoms with van der Waals surface area (Å²) in [5, 5.41) is 3.45. The maximum Gasteiger partial charge on any atom is 0.225 e. The number of carbonyl (C=O) groups excluding carboxylic acids is 1. The van der Waals surface area contributed by atoms with Gasteiger partial charge < -0.3 is 15.8 Å². The molecule has 2 atom stereocenters. The van der Waals surface area contributed by atoms with Gasteiger partial charge in [0.25, 0.3) is 0 Å². The SMILES string of the molecule is Cc1c(N)cccc1NC(=O)CCSC1CCOC1C. The highest BCUT2D eigenvalue weighted by molar-refractivity contribution is 7.99. The second-order valence-corrected chi connectivity index (χ2v) is 6.44. The van der Waals surface area contributed by atoms with Crippen LogP contribution in [-0.4, -0.2) is 29.6 Å². The van der Waals surface area contributed by atoms with Crippen molar-refractivity contribution in [1.82, 2.24) is 0 Å². The molecule has 1 aliphatic heterocycles. The topological polar surface area (TPSA) is 64.3 Å². The van der Waals surface area contributed by atoms with E-state index in [-0.39, 0.29) is 5.91 Å². The molecule has 0 bridgehead atoms. The smallest absolute Gasteiger partial charge is 0.225 e. The van der Waals surface area contributed by atoms with Crippen molar-refractivity contribution < 1.29 is 9.53 Å². The normalized spacial score (nSPS) is 21.9. The Morgan fingerprint density at radius 1 is 1.55 bits per heavy atom. The first kappa shape index (κ1) is 15.2. The van der Waals surface area contributed by atoms with Crippen LogP contribution in [0.4, 0.5) is 11.4 Å². The number of nitrogens with one attached hydrogen (secondary N) is 1. The molecule has 3 N–H and O–H groups in total. The van der Waals surface area contributed by atoms with Gasteiger partial charge in [-0.1, -0.05) is 6.07 Å². The lowest BCUT2D eigenvalue weighted by Gasteiger charge is -2.13. The van der Waals surface area contributed by atoms with Crippen molar-refractivity contribution in [1.29, 1.82) is 0 Å². The van der Waals surface area contributed by atoms with Gasteiger partial charge in [-0.05, 0) is 38.0 Å². The van der Waals surface area contributed by atoms with E-state index >= 15 is 0 Å². The van der Waals surface area contributed by atoms with E-state index in [2.05, 4.69) is 12.2 Å². The molecular formula is C15H22N2O2S. The molecule has 20 heavy (non-hydrogen) atoms. The predicted molar refractivity (Wildman–Crippen MR) is 85.1 cm³/mol. The molecule has 1 amide bonds. The summed E-state index contributed by atoms with van der Waals surface area (Å²) in [6, 6.07) is 5.57. The van der Waals surface area contributed by atoms with Gasteiger partial charge in [-0.3, -0.25) is 4.79 Å². The second-order valence-electron chi connectivity index (χ2n) is 5.09. The largest absolute Gasteiger partial charge is 0.398 e. The number of rotatable bonds is 5. The van der Waals surface area contributed by atoms with E-state index in [1.165, 1.54) is 0 Å². The molecule has 4 nitrogen and oxygen atoms in total. The van der Waals surface area contributed by atoms with Gasteiger partial charge >= 0.3 is 0 Å². The number of ether oxygens (including phenoxy) is 1. The number of amides is 1. The summed E-state index contributed by atoms with van der Waals surface area (Å²) in [5.41, 5.74) is 8.25. The predicted octanol–water partition coefficient (Wildman–Crippen LogP) is 2.82. The molecule has 0 saturated carbocycles. The number of nitrogens with two attached hydrogens (primary N) is 1. The summed E-state index contributed by atoms with van der Waals surface area (Å²) in [5.74, 6) is 0.865. The Kier molecular flexibility index (Phi) is 5.31. The van der Waals surface area contributed by atoms with E-state index in [0.29, 0.717) is 23.5 Å². The zero-order chi connectivity index (χ0) is 14.5. The lowest BCUT2D eigenvalue weighted by molar-refractivity contribution is -0.115. The molecular weight excluding hydrogens is 272 g/mol. The molecule has 0 radical (unpaired) electrons. The van der Waals surface area contributed by atoms with Crippen molar-refractivity contribution in [3.05, 3.63) is 23.8 Å². The van der Waals surface area contributed by atoms with Gasteiger partial charge in [0.05, 0.1) is 6.10 Å². The zero-order valence-corrected chi connectivity index (χ0v) is 12.8. The van der Waals surface area contributed by atoms with Gasteiger partial charge in [-0.2, -0.15) is 11.8 Å². The van der Waals surface area contributed by atoms with E-state index < -0.39 is 0 Å². The number of nitrogen functional groups attached to an aromatic ring is 1. The number of thioether (sulfide) groups is 1. The molecule has 0 aromatic heterocycles. The molecule has 1 aromatic carbocycles. The highest BCUT2D eigenvalue weighted by atomic mass is 32.2. The highest BCUT2D eigenvalue weighted by Crippen LogP contribution is 2.27. The van der Waals surface area contributed by atoms with Crippen LogP contribution in [0.5, 0.6) is 0 Å². The van der Waals surface area contributed by atoms with Crippen LogP contribution >= 0.6 is 11.8 Å². The fraction of sp³-hybridized carbons (Fsp3) is 0.533. The van der Waals surface area contributed by atoms with E-state index in [4.69, 9.17) is 10.5 Å². The maximum atomic E-state index is 11.9. The average Bonchev–Trinajstić information content (AvgIpc) is 2.81. The van der Waals surface area contributed by atoms with Crippen molar-refractivity contribution in [2.24, 2.45) is 0 Å². The fourth-order valence-corrected chi connectivity index (χ4v) is 3.45. The van der Waals surface area contributed by atoms with Crippen molar-refractivity contribution in [2.45, 2.75) is 38.0 Å². The van der Waals surface area contributed by atoms with Crippen molar-refractivity contribution in [2.75, 3.05) is 23.4 Å². The summed E-state index contributed by atoms with van der Waals surface area (Å²) >= 11 is 1.83. The lowest BCUT2D eigenvalue weighted by atomic mass is 10.1. The van der Waals surface area contributed by atoms with E-state index in [1.54, 1.807) is 0 Å². The molecule has 0 aliphatic carbocycles. The Labute approximate surface area is 124 Å². The molecule has 0 spiro atoms. The van der Waals surface area contributed by atoms with Gasteiger partial charge in [0.2, 0.25) is 5.91 Å². The Morgan fingerprint density at radius 3 is 3.05 bits per heavy atom. The summed E-state index contributed by atoms with van der Waals surface area (Å²) < 4.78 is 5.51. The Bertz CT molecular complexity index is 479. The molecule has 2 unspecified atom stereocenters. The standard InChI is InChI=1S/C15H22N2O2S/c1-10-12(16)4-3-5-13(10)17-15(18)7-9-20-14-6-8-19-11(14)2/h3-5,11,14H,6-9,16H2,1-2H3,(H,17,18). The van der Waals surface area contributed by atoms with Gasteiger partial charge in [-0.15, -0.1) is 0 Å². The molecule has 1 heterocycles. The zero-order valence-electron chi connectivity index (χ0n) is 12.0. The van der Waals surface area contributed by atoms with Crippen LogP contribution < -0.4 is 11.1 Å². The number of anilines is 2. The van der Waals surface area contributed by atoms with Crippen LogP contribution in [-0.2, 0) is 9.53 Å². The van der Waals surface area contributed by atoms with Crippen LogP contribution in [0.1, 0.15) is 25.3 Å². The van der Waals surface area contributed by atoms with Gasteiger partial charge in [0.1, 0.15) is 0 Å². The lowest BCUT2D eigenvalue weighted by Crippen LogP contribution is -2.17. The molecule has 1 fully saturated rings. The third-order valence-corrected chi connectivity index (χ3v) is 5.10. The van der Waals surface area contributed by atoms with Crippen LogP contribution in [0.15, 0.2) is 18.2 Å². The first-order chi connectivity index (χ1) is 9.58. The summed E-state index contributed by atoms with van der Waals surface area (Å²) in [6.07, 6.45) is 1.91. The first-order valence-electron chi connectivity index (χ1n) is 6.96. The molecule has 1 aliphatic rings. The van der Waals surface area contributed by atoms with E-state index in [1.807, 2.05) is 36.9 Å². The first-order valence-corrected chi connectivity index (χ1v) is 8.01. The average molecular weight is 294 g/mol. The Balaban J connectivity index is 1.76.